The van der Waals surface area contributed by atoms with Gasteiger partial charge >= 0.3 is 0 Å². The van der Waals surface area contributed by atoms with Crippen molar-refractivity contribution in [1.29, 1.82) is 0 Å². The van der Waals surface area contributed by atoms with Crippen molar-refractivity contribution in [3.8, 4) is 17.2 Å². The molecule has 0 unspecified atom stereocenters. The van der Waals surface area contributed by atoms with Crippen molar-refractivity contribution < 1.29 is 14.2 Å². The summed E-state index contributed by atoms with van der Waals surface area (Å²) in [5.41, 5.74) is 7.56. The Morgan fingerprint density at radius 2 is 1.67 bits per heavy atom. The monoisotopic (exact) mass is 287 g/mol. The molecule has 0 aromatic heterocycles. The van der Waals surface area contributed by atoms with E-state index in [0.717, 1.165) is 17.1 Å². The van der Waals surface area contributed by atoms with Crippen molar-refractivity contribution in [2.45, 2.75) is 26.6 Å². The zero-order chi connectivity index (χ0) is 15.2. The van der Waals surface area contributed by atoms with Gasteiger partial charge in [0, 0.05) is 6.07 Å². The normalized spacial score (nSPS) is 10.5. The first-order chi connectivity index (χ1) is 10.1. The highest BCUT2D eigenvalue weighted by Crippen LogP contribution is 2.28. The Morgan fingerprint density at radius 1 is 1.00 bits per heavy atom. The first kappa shape index (κ1) is 15.0. The predicted molar refractivity (Wildman–Crippen MR) is 83.9 cm³/mol. The predicted octanol–water partition coefficient (Wildman–Crippen LogP) is 3.64. The lowest BCUT2D eigenvalue weighted by Crippen LogP contribution is -2.07. The van der Waals surface area contributed by atoms with E-state index < -0.39 is 0 Å². The van der Waals surface area contributed by atoms with Crippen LogP contribution >= 0.6 is 0 Å². The summed E-state index contributed by atoms with van der Waals surface area (Å²) in [6, 6.07) is 13.2. The van der Waals surface area contributed by atoms with Crippen LogP contribution < -0.4 is 19.9 Å². The standard InChI is InChI=1S/C17H21NO3/c1-12(2)21-17-10-15(8-9-16(17)18)20-11-13-4-6-14(19-3)7-5-13/h4-10,12H,11,18H2,1-3H3. The quantitative estimate of drug-likeness (QED) is 0.824. The molecule has 0 atom stereocenters. The lowest BCUT2D eigenvalue weighted by Gasteiger charge is -2.14. The molecule has 0 saturated heterocycles. The second-order valence-electron chi connectivity index (χ2n) is 5.00. The molecule has 0 radical (unpaired) electrons. The summed E-state index contributed by atoms with van der Waals surface area (Å²) in [5, 5.41) is 0. The SMILES string of the molecule is COc1ccc(COc2ccc(N)c(OC(C)C)c2)cc1. The zero-order valence-corrected chi connectivity index (χ0v) is 12.6. The molecule has 2 rings (SSSR count). The van der Waals surface area contributed by atoms with Gasteiger partial charge in [-0.05, 0) is 43.7 Å². The summed E-state index contributed by atoms with van der Waals surface area (Å²) in [7, 11) is 1.65. The van der Waals surface area contributed by atoms with Gasteiger partial charge in [-0.2, -0.15) is 0 Å². The molecule has 0 amide bonds. The Labute approximate surface area is 125 Å². The van der Waals surface area contributed by atoms with E-state index in [0.29, 0.717) is 18.0 Å². The van der Waals surface area contributed by atoms with Crippen molar-refractivity contribution in [3.63, 3.8) is 0 Å². The second kappa shape index (κ2) is 6.88. The van der Waals surface area contributed by atoms with Crippen molar-refractivity contribution in [3.05, 3.63) is 48.0 Å². The van der Waals surface area contributed by atoms with Gasteiger partial charge in [0.1, 0.15) is 23.9 Å². The highest BCUT2D eigenvalue weighted by molar-refractivity contribution is 5.55. The summed E-state index contributed by atoms with van der Waals surface area (Å²) in [6.45, 7) is 4.41. The van der Waals surface area contributed by atoms with E-state index in [9.17, 15) is 0 Å². The molecule has 2 aromatic rings. The van der Waals surface area contributed by atoms with Crippen molar-refractivity contribution >= 4 is 5.69 Å². The summed E-state index contributed by atoms with van der Waals surface area (Å²) >= 11 is 0. The van der Waals surface area contributed by atoms with E-state index in [2.05, 4.69) is 0 Å². The Bertz CT molecular complexity index is 579. The van der Waals surface area contributed by atoms with Crippen molar-refractivity contribution in [1.82, 2.24) is 0 Å². The molecule has 0 aliphatic heterocycles. The largest absolute Gasteiger partial charge is 0.497 e. The van der Waals surface area contributed by atoms with E-state index >= 15 is 0 Å². The second-order valence-corrected chi connectivity index (χ2v) is 5.00. The minimum Gasteiger partial charge on any atom is -0.497 e. The van der Waals surface area contributed by atoms with Crippen LogP contribution in [-0.4, -0.2) is 13.2 Å². The van der Waals surface area contributed by atoms with Gasteiger partial charge in [0.05, 0.1) is 18.9 Å². The highest BCUT2D eigenvalue weighted by Gasteiger charge is 2.05. The van der Waals surface area contributed by atoms with Crippen LogP contribution in [0.15, 0.2) is 42.5 Å². The van der Waals surface area contributed by atoms with E-state index in [1.54, 1.807) is 13.2 Å². The summed E-state index contributed by atoms with van der Waals surface area (Å²) in [6.07, 6.45) is 0.0733. The molecule has 0 aliphatic carbocycles. The summed E-state index contributed by atoms with van der Waals surface area (Å²) < 4.78 is 16.5. The molecule has 0 heterocycles. The van der Waals surface area contributed by atoms with Crippen LogP contribution in [0, 0.1) is 0 Å². The summed E-state index contributed by atoms with van der Waals surface area (Å²) in [5.74, 6) is 2.21. The van der Waals surface area contributed by atoms with Gasteiger partial charge in [0.2, 0.25) is 0 Å². The molecule has 112 valence electrons. The van der Waals surface area contributed by atoms with Gasteiger partial charge in [-0.15, -0.1) is 0 Å². The average Bonchev–Trinajstić information content (AvgIpc) is 2.48. The third-order valence-corrected chi connectivity index (χ3v) is 2.91. The number of methoxy groups -OCH3 is 1. The molecule has 0 fully saturated rings. The highest BCUT2D eigenvalue weighted by atomic mass is 16.5. The molecule has 4 heteroatoms. The summed E-state index contributed by atoms with van der Waals surface area (Å²) in [4.78, 5) is 0. The lowest BCUT2D eigenvalue weighted by molar-refractivity contribution is 0.241. The molecule has 4 nitrogen and oxygen atoms in total. The lowest BCUT2D eigenvalue weighted by atomic mass is 10.2. The fourth-order valence-corrected chi connectivity index (χ4v) is 1.85. The first-order valence-corrected chi connectivity index (χ1v) is 6.90. The molecule has 2 N–H and O–H groups in total. The van der Waals surface area contributed by atoms with Crippen molar-refractivity contribution in [2.24, 2.45) is 0 Å². The topological polar surface area (TPSA) is 53.7 Å². The third-order valence-electron chi connectivity index (χ3n) is 2.91. The fourth-order valence-electron chi connectivity index (χ4n) is 1.85. The van der Waals surface area contributed by atoms with E-state index in [1.807, 2.05) is 50.2 Å². The van der Waals surface area contributed by atoms with Crippen LogP contribution in [0.2, 0.25) is 0 Å². The number of hydrogen-bond donors (Lipinski definition) is 1. The van der Waals surface area contributed by atoms with E-state index in [4.69, 9.17) is 19.9 Å². The Hall–Kier alpha value is -2.36. The molecule has 21 heavy (non-hydrogen) atoms. The van der Waals surface area contributed by atoms with Crippen molar-refractivity contribution in [2.75, 3.05) is 12.8 Å². The van der Waals surface area contributed by atoms with Crippen LogP contribution in [0.1, 0.15) is 19.4 Å². The Kier molecular flexibility index (Phi) is 4.93. The van der Waals surface area contributed by atoms with Gasteiger partial charge in [-0.3, -0.25) is 0 Å². The van der Waals surface area contributed by atoms with Gasteiger partial charge in [-0.1, -0.05) is 12.1 Å². The molecule has 2 aromatic carbocycles. The number of nitrogen functional groups attached to an aromatic ring is 1. The maximum absolute atomic E-state index is 5.88. The van der Waals surface area contributed by atoms with E-state index in [-0.39, 0.29) is 6.10 Å². The van der Waals surface area contributed by atoms with Gasteiger partial charge in [-0.25, -0.2) is 0 Å². The Balaban J connectivity index is 2.02. The van der Waals surface area contributed by atoms with Gasteiger partial charge in [0.25, 0.3) is 0 Å². The fraction of sp³-hybridized carbons (Fsp3) is 0.294. The van der Waals surface area contributed by atoms with Crippen LogP contribution in [0.3, 0.4) is 0 Å². The minimum atomic E-state index is 0.0733. The maximum atomic E-state index is 5.88. The number of anilines is 1. The molecule has 0 spiro atoms. The number of benzene rings is 2. The third kappa shape index (κ3) is 4.31. The molecule has 0 bridgehead atoms. The first-order valence-electron chi connectivity index (χ1n) is 6.90. The Morgan fingerprint density at radius 3 is 2.29 bits per heavy atom. The molecule has 0 aliphatic rings. The minimum absolute atomic E-state index is 0.0733. The smallest absolute Gasteiger partial charge is 0.146 e. The van der Waals surface area contributed by atoms with Crippen LogP contribution in [0.25, 0.3) is 0 Å². The average molecular weight is 287 g/mol. The molecular weight excluding hydrogens is 266 g/mol. The zero-order valence-electron chi connectivity index (χ0n) is 12.6. The maximum Gasteiger partial charge on any atom is 0.146 e. The van der Waals surface area contributed by atoms with E-state index in [1.165, 1.54) is 0 Å². The van der Waals surface area contributed by atoms with Crippen LogP contribution in [0.4, 0.5) is 5.69 Å². The number of rotatable bonds is 6. The van der Waals surface area contributed by atoms with Crippen LogP contribution in [0.5, 0.6) is 17.2 Å². The van der Waals surface area contributed by atoms with Crippen LogP contribution in [-0.2, 0) is 6.61 Å². The van der Waals surface area contributed by atoms with Gasteiger partial charge < -0.3 is 19.9 Å². The molecular formula is C17H21NO3. The van der Waals surface area contributed by atoms with Gasteiger partial charge in [0.15, 0.2) is 0 Å². The number of nitrogens with two attached hydrogens (primary N) is 1. The molecule has 0 saturated carbocycles. The number of ether oxygens (including phenoxy) is 3. The number of hydrogen-bond acceptors (Lipinski definition) is 4.